The van der Waals surface area contributed by atoms with E-state index in [-0.39, 0.29) is 0 Å². The van der Waals surface area contributed by atoms with Crippen LogP contribution in [0.3, 0.4) is 0 Å². The van der Waals surface area contributed by atoms with Gasteiger partial charge in [-0.15, -0.1) is 0 Å². The first-order valence-electron chi connectivity index (χ1n) is 6.84. The standard InChI is InChI=1S/C14H25N3/c1-5-11-9-12(17(4)16-11)10-13(15-6-2)14(3)7-8-14/h9,13,15H,5-8,10H2,1-4H3. The van der Waals surface area contributed by atoms with Gasteiger partial charge in [0, 0.05) is 25.2 Å². The Labute approximate surface area is 105 Å². The smallest absolute Gasteiger partial charge is 0.0624 e. The normalized spacial score (nSPS) is 19.3. The second kappa shape index (κ2) is 4.81. The van der Waals surface area contributed by atoms with Crippen molar-refractivity contribution in [2.24, 2.45) is 12.5 Å². The molecule has 1 aromatic heterocycles. The molecule has 1 saturated carbocycles. The number of rotatable bonds is 6. The SMILES string of the molecule is CCNC(Cc1cc(CC)nn1C)C1(C)CC1. The molecule has 0 saturated heterocycles. The summed E-state index contributed by atoms with van der Waals surface area (Å²) >= 11 is 0. The van der Waals surface area contributed by atoms with Crippen LogP contribution in [-0.4, -0.2) is 22.4 Å². The van der Waals surface area contributed by atoms with E-state index < -0.39 is 0 Å². The lowest BCUT2D eigenvalue weighted by Gasteiger charge is -2.24. The Hall–Kier alpha value is -0.830. The number of nitrogens with zero attached hydrogens (tertiary/aromatic N) is 2. The van der Waals surface area contributed by atoms with Gasteiger partial charge in [0.15, 0.2) is 0 Å². The first kappa shape index (κ1) is 12.6. The average molecular weight is 235 g/mol. The second-order valence-electron chi connectivity index (χ2n) is 5.57. The first-order chi connectivity index (χ1) is 8.09. The van der Waals surface area contributed by atoms with Crippen LogP contribution < -0.4 is 5.32 Å². The number of nitrogens with one attached hydrogen (secondary N) is 1. The zero-order valence-electron chi connectivity index (χ0n) is 11.6. The summed E-state index contributed by atoms with van der Waals surface area (Å²) in [5, 5.41) is 8.18. The Morgan fingerprint density at radius 3 is 2.65 bits per heavy atom. The molecule has 17 heavy (non-hydrogen) atoms. The van der Waals surface area contributed by atoms with E-state index in [1.165, 1.54) is 24.2 Å². The number of likely N-dealkylation sites (N-methyl/N-ethyl adjacent to an activating group) is 1. The zero-order chi connectivity index (χ0) is 12.5. The van der Waals surface area contributed by atoms with Crippen molar-refractivity contribution in [2.45, 2.75) is 52.5 Å². The van der Waals surface area contributed by atoms with Gasteiger partial charge in [0.05, 0.1) is 5.69 Å². The number of aryl methyl sites for hydroxylation is 2. The van der Waals surface area contributed by atoms with Crippen molar-refractivity contribution < 1.29 is 0 Å². The van der Waals surface area contributed by atoms with Crippen LogP contribution >= 0.6 is 0 Å². The molecule has 0 aromatic carbocycles. The monoisotopic (exact) mass is 235 g/mol. The maximum atomic E-state index is 4.53. The number of hydrogen-bond donors (Lipinski definition) is 1. The third kappa shape index (κ3) is 2.71. The highest BCUT2D eigenvalue weighted by atomic mass is 15.3. The van der Waals surface area contributed by atoms with Crippen LogP contribution in [0.15, 0.2) is 6.07 Å². The van der Waals surface area contributed by atoms with Gasteiger partial charge in [-0.1, -0.05) is 20.8 Å². The molecule has 1 heterocycles. The lowest BCUT2D eigenvalue weighted by Crippen LogP contribution is -2.38. The summed E-state index contributed by atoms with van der Waals surface area (Å²) in [6.45, 7) is 7.81. The second-order valence-corrected chi connectivity index (χ2v) is 5.57. The van der Waals surface area contributed by atoms with Crippen LogP contribution in [0.1, 0.15) is 45.0 Å². The fourth-order valence-electron chi connectivity index (χ4n) is 2.50. The van der Waals surface area contributed by atoms with Gasteiger partial charge in [-0.25, -0.2) is 0 Å². The molecule has 1 unspecified atom stereocenters. The van der Waals surface area contributed by atoms with Crippen molar-refractivity contribution in [3.05, 3.63) is 17.5 Å². The van der Waals surface area contributed by atoms with E-state index in [1.54, 1.807) is 0 Å². The highest BCUT2D eigenvalue weighted by Crippen LogP contribution is 2.48. The van der Waals surface area contributed by atoms with Crippen molar-refractivity contribution in [3.8, 4) is 0 Å². The maximum Gasteiger partial charge on any atom is 0.0624 e. The Morgan fingerprint density at radius 2 is 2.18 bits per heavy atom. The maximum absolute atomic E-state index is 4.53. The van der Waals surface area contributed by atoms with E-state index in [1.807, 2.05) is 0 Å². The summed E-state index contributed by atoms with van der Waals surface area (Å²) in [4.78, 5) is 0. The van der Waals surface area contributed by atoms with Gasteiger partial charge in [0.2, 0.25) is 0 Å². The summed E-state index contributed by atoms with van der Waals surface area (Å²) in [7, 11) is 2.06. The van der Waals surface area contributed by atoms with E-state index in [0.29, 0.717) is 11.5 Å². The molecule has 3 nitrogen and oxygen atoms in total. The molecular weight excluding hydrogens is 210 g/mol. The van der Waals surface area contributed by atoms with Crippen molar-refractivity contribution in [2.75, 3.05) is 6.54 Å². The van der Waals surface area contributed by atoms with Gasteiger partial charge in [0.25, 0.3) is 0 Å². The van der Waals surface area contributed by atoms with E-state index in [2.05, 4.69) is 49.0 Å². The van der Waals surface area contributed by atoms with Gasteiger partial charge in [-0.05, 0) is 37.3 Å². The average Bonchev–Trinajstić information content (AvgIpc) is 2.95. The van der Waals surface area contributed by atoms with Crippen molar-refractivity contribution in [1.82, 2.24) is 15.1 Å². The summed E-state index contributed by atoms with van der Waals surface area (Å²) < 4.78 is 2.05. The zero-order valence-corrected chi connectivity index (χ0v) is 11.6. The van der Waals surface area contributed by atoms with E-state index >= 15 is 0 Å². The van der Waals surface area contributed by atoms with Crippen LogP contribution in [0, 0.1) is 5.41 Å². The van der Waals surface area contributed by atoms with Crippen LogP contribution in [0.5, 0.6) is 0 Å². The predicted molar refractivity (Wildman–Crippen MR) is 71.1 cm³/mol. The highest BCUT2D eigenvalue weighted by molar-refractivity contribution is 5.14. The molecule has 1 aromatic rings. The highest BCUT2D eigenvalue weighted by Gasteiger charge is 2.44. The molecule has 2 rings (SSSR count). The Morgan fingerprint density at radius 1 is 1.47 bits per heavy atom. The largest absolute Gasteiger partial charge is 0.313 e. The van der Waals surface area contributed by atoms with Gasteiger partial charge in [-0.2, -0.15) is 5.10 Å². The molecule has 96 valence electrons. The minimum atomic E-state index is 0.520. The van der Waals surface area contributed by atoms with E-state index in [9.17, 15) is 0 Å². The van der Waals surface area contributed by atoms with Crippen molar-refractivity contribution in [1.29, 1.82) is 0 Å². The van der Waals surface area contributed by atoms with Gasteiger partial charge >= 0.3 is 0 Å². The molecule has 3 heteroatoms. The van der Waals surface area contributed by atoms with Gasteiger partial charge in [-0.3, -0.25) is 4.68 Å². The minimum Gasteiger partial charge on any atom is -0.313 e. The third-order valence-corrected chi connectivity index (χ3v) is 4.13. The fourth-order valence-corrected chi connectivity index (χ4v) is 2.50. The Kier molecular flexibility index (Phi) is 3.57. The van der Waals surface area contributed by atoms with Crippen LogP contribution in [0.2, 0.25) is 0 Å². The molecule has 1 N–H and O–H groups in total. The van der Waals surface area contributed by atoms with Crippen LogP contribution in [0.4, 0.5) is 0 Å². The first-order valence-corrected chi connectivity index (χ1v) is 6.84. The van der Waals surface area contributed by atoms with Gasteiger partial charge < -0.3 is 5.32 Å². The summed E-state index contributed by atoms with van der Waals surface area (Å²) in [5.41, 5.74) is 3.09. The minimum absolute atomic E-state index is 0.520. The van der Waals surface area contributed by atoms with Crippen LogP contribution in [0.25, 0.3) is 0 Å². The quantitative estimate of drug-likeness (QED) is 0.820. The Bertz CT molecular complexity index is 377. The van der Waals surface area contributed by atoms with E-state index in [0.717, 1.165) is 19.4 Å². The molecule has 1 aliphatic carbocycles. The van der Waals surface area contributed by atoms with Gasteiger partial charge in [0.1, 0.15) is 0 Å². The van der Waals surface area contributed by atoms with Crippen LogP contribution in [-0.2, 0) is 19.9 Å². The molecule has 1 atom stereocenters. The van der Waals surface area contributed by atoms with Crippen molar-refractivity contribution in [3.63, 3.8) is 0 Å². The summed E-state index contributed by atoms with van der Waals surface area (Å²) in [6, 6.07) is 2.86. The van der Waals surface area contributed by atoms with E-state index in [4.69, 9.17) is 0 Å². The number of hydrogen-bond acceptors (Lipinski definition) is 2. The molecular formula is C14H25N3. The molecule has 1 aliphatic rings. The topological polar surface area (TPSA) is 29.9 Å². The predicted octanol–water partition coefficient (Wildman–Crippen LogP) is 2.30. The number of aromatic nitrogens is 2. The molecule has 1 fully saturated rings. The van der Waals surface area contributed by atoms with Crippen molar-refractivity contribution >= 4 is 0 Å². The Balaban J connectivity index is 2.08. The molecule has 0 spiro atoms. The molecule has 0 amide bonds. The molecule has 0 radical (unpaired) electrons. The fraction of sp³-hybridized carbons (Fsp3) is 0.786. The lowest BCUT2D eigenvalue weighted by molar-refractivity contribution is 0.354. The summed E-state index contributed by atoms with van der Waals surface area (Å²) in [5.74, 6) is 0. The molecule has 0 bridgehead atoms. The lowest BCUT2D eigenvalue weighted by atomic mass is 9.94. The molecule has 0 aliphatic heterocycles. The third-order valence-electron chi connectivity index (χ3n) is 4.13. The summed E-state index contributed by atoms with van der Waals surface area (Å²) in [6.07, 6.45) is 4.86.